The zero-order chi connectivity index (χ0) is 14.4. The third-order valence-electron chi connectivity index (χ3n) is 4.34. The van der Waals surface area contributed by atoms with E-state index in [1.807, 2.05) is 0 Å². The molecule has 1 aromatic rings. The number of aromatic nitrogens is 2. The van der Waals surface area contributed by atoms with Gasteiger partial charge in [-0.05, 0) is 25.3 Å². The van der Waals surface area contributed by atoms with Crippen LogP contribution in [0.25, 0.3) is 0 Å². The summed E-state index contributed by atoms with van der Waals surface area (Å²) in [6, 6.07) is 0.352. The Kier molecular flexibility index (Phi) is 6.37. The molecular weight excluding hydrogens is 270 g/mol. The lowest BCUT2D eigenvalue weighted by Gasteiger charge is -2.27. The normalized spacial score (nSPS) is 18.4. The summed E-state index contributed by atoms with van der Waals surface area (Å²) in [5.41, 5.74) is 1.20. The van der Waals surface area contributed by atoms with Crippen LogP contribution in [-0.2, 0) is 6.54 Å². The van der Waals surface area contributed by atoms with E-state index in [1.165, 1.54) is 44.2 Å². The molecule has 3 nitrogen and oxygen atoms in total. The van der Waals surface area contributed by atoms with Crippen molar-refractivity contribution in [3.63, 3.8) is 0 Å². The second-order valence-corrected chi connectivity index (χ2v) is 6.36. The van der Waals surface area contributed by atoms with Gasteiger partial charge in [0, 0.05) is 6.54 Å². The van der Waals surface area contributed by atoms with Gasteiger partial charge in [0.15, 0.2) is 0 Å². The van der Waals surface area contributed by atoms with E-state index in [0.717, 1.165) is 30.5 Å². The van der Waals surface area contributed by atoms with Crippen LogP contribution < -0.4 is 5.32 Å². The number of nitrogens with zero attached hydrogens (tertiary/aromatic N) is 2. The lowest BCUT2D eigenvalue weighted by molar-refractivity contribution is 0.294. The van der Waals surface area contributed by atoms with Crippen molar-refractivity contribution < 1.29 is 0 Å². The lowest BCUT2D eigenvalue weighted by atomic mass is 9.84. The number of aryl methyl sites for hydroxylation is 1. The molecule has 0 saturated heterocycles. The number of hydrogen-bond acceptors (Lipinski definition) is 2. The minimum atomic E-state index is 0.352. The van der Waals surface area contributed by atoms with Gasteiger partial charge in [0.1, 0.15) is 0 Å². The highest BCUT2D eigenvalue weighted by molar-refractivity contribution is 6.31. The van der Waals surface area contributed by atoms with Gasteiger partial charge in [-0.2, -0.15) is 5.10 Å². The highest BCUT2D eigenvalue weighted by Gasteiger charge is 2.24. The molecule has 0 aromatic carbocycles. The number of halogens is 1. The maximum Gasteiger partial charge on any atom is 0.0834 e. The molecule has 1 aliphatic rings. The molecule has 114 valence electrons. The van der Waals surface area contributed by atoms with Crippen molar-refractivity contribution in [3.8, 4) is 0 Å². The highest BCUT2D eigenvalue weighted by Crippen LogP contribution is 2.34. The number of hydrogen-bond donors (Lipinski definition) is 1. The Morgan fingerprint density at radius 1 is 1.35 bits per heavy atom. The van der Waals surface area contributed by atoms with Crippen LogP contribution in [0.4, 0.5) is 0 Å². The van der Waals surface area contributed by atoms with Crippen molar-refractivity contribution in [1.29, 1.82) is 0 Å². The lowest BCUT2D eigenvalue weighted by Crippen LogP contribution is -2.27. The Labute approximate surface area is 128 Å². The Balaban J connectivity index is 2.12. The van der Waals surface area contributed by atoms with Gasteiger partial charge in [0.05, 0.1) is 23.0 Å². The van der Waals surface area contributed by atoms with Gasteiger partial charge >= 0.3 is 0 Å². The molecule has 20 heavy (non-hydrogen) atoms. The minimum absolute atomic E-state index is 0.352. The summed E-state index contributed by atoms with van der Waals surface area (Å²) in [6.45, 7) is 6.28. The Morgan fingerprint density at radius 3 is 2.75 bits per heavy atom. The van der Waals surface area contributed by atoms with E-state index in [9.17, 15) is 0 Å². The quantitative estimate of drug-likeness (QED) is 0.799. The molecule has 0 bridgehead atoms. The number of rotatable bonds is 7. The first kappa shape index (κ1) is 15.8. The van der Waals surface area contributed by atoms with E-state index >= 15 is 0 Å². The molecule has 0 spiro atoms. The van der Waals surface area contributed by atoms with Gasteiger partial charge in [-0.3, -0.25) is 4.68 Å². The first-order valence-electron chi connectivity index (χ1n) is 8.20. The van der Waals surface area contributed by atoms with E-state index in [1.54, 1.807) is 6.20 Å². The SMILES string of the molecule is CCCn1ncc(Cl)c1C(CC1CCCCC1)NCC. The van der Waals surface area contributed by atoms with E-state index in [0.29, 0.717) is 6.04 Å². The molecule has 0 radical (unpaired) electrons. The van der Waals surface area contributed by atoms with E-state index in [4.69, 9.17) is 11.6 Å². The highest BCUT2D eigenvalue weighted by atomic mass is 35.5. The summed E-state index contributed by atoms with van der Waals surface area (Å²) in [5.74, 6) is 0.842. The monoisotopic (exact) mass is 297 g/mol. The topological polar surface area (TPSA) is 29.9 Å². The van der Waals surface area contributed by atoms with Gasteiger partial charge in [-0.1, -0.05) is 57.6 Å². The van der Waals surface area contributed by atoms with Crippen LogP contribution in [0.2, 0.25) is 5.02 Å². The molecule has 1 saturated carbocycles. The number of nitrogens with one attached hydrogen (secondary N) is 1. The van der Waals surface area contributed by atoms with Crippen molar-refractivity contribution in [2.75, 3.05) is 6.54 Å². The molecule has 1 aromatic heterocycles. The summed E-state index contributed by atoms with van der Waals surface area (Å²) >= 11 is 6.41. The van der Waals surface area contributed by atoms with Crippen LogP contribution >= 0.6 is 11.6 Å². The van der Waals surface area contributed by atoms with Crippen molar-refractivity contribution in [2.45, 2.75) is 71.4 Å². The second kappa shape index (κ2) is 8.04. The molecule has 2 rings (SSSR count). The van der Waals surface area contributed by atoms with Gasteiger partial charge in [-0.25, -0.2) is 0 Å². The maximum atomic E-state index is 6.41. The first-order chi connectivity index (χ1) is 9.76. The third-order valence-corrected chi connectivity index (χ3v) is 4.63. The standard InChI is InChI=1S/C16H28ClN3/c1-3-10-20-16(14(17)12-19-20)15(18-4-2)11-13-8-6-5-7-9-13/h12-13,15,18H,3-11H2,1-2H3. The van der Waals surface area contributed by atoms with Crippen molar-refractivity contribution in [1.82, 2.24) is 15.1 Å². The van der Waals surface area contributed by atoms with Crippen LogP contribution in [0.5, 0.6) is 0 Å². The first-order valence-corrected chi connectivity index (χ1v) is 8.58. The Bertz CT molecular complexity index is 396. The average molecular weight is 298 g/mol. The zero-order valence-corrected chi connectivity index (χ0v) is 13.6. The van der Waals surface area contributed by atoms with Crippen LogP contribution in [0, 0.1) is 5.92 Å². The van der Waals surface area contributed by atoms with E-state index in [2.05, 4.69) is 28.9 Å². The molecular formula is C16H28ClN3. The zero-order valence-electron chi connectivity index (χ0n) is 12.9. The molecule has 0 amide bonds. The average Bonchev–Trinajstić information content (AvgIpc) is 2.81. The summed E-state index contributed by atoms with van der Waals surface area (Å²) in [6.07, 6.45) is 11.0. The smallest absolute Gasteiger partial charge is 0.0834 e. The van der Waals surface area contributed by atoms with Crippen molar-refractivity contribution in [3.05, 3.63) is 16.9 Å². The predicted octanol–water partition coefficient (Wildman–Crippen LogP) is 4.57. The summed E-state index contributed by atoms with van der Waals surface area (Å²) < 4.78 is 2.10. The Hall–Kier alpha value is -0.540. The third kappa shape index (κ3) is 3.98. The van der Waals surface area contributed by atoms with Crippen LogP contribution in [0.3, 0.4) is 0 Å². The van der Waals surface area contributed by atoms with Gasteiger partial charge in [0.2, 0.25) is 0 Å². The summed E-state index contributed by atoms with van der Waals surface area (Å²) in [5, 5.41) is 8.89. The van der Waals surface area contributed by atoms with E-state index in [-0.39, 0.29) is 0 Å². The minimum Gasteiger partial charge on any atom is -0.309 e. The largest absolute Gasteiger partial charge is 0.309 e. The van der Waals surface area contributed by atoms with E-state index < -0.39 is 0 Å². The predicted molar refractivity (Wildman–Crippen MR) is 85.1 cm³/mol. The molecule has 1 fully saturated rings. The molecule has 1 unspecified atom stereocenters. The molecule has 1 N–H and O–H groups in total. The summed E-state index contributed by atoms with van der Waals surface area (Å²) in [7, 11) is 0. The van der Waals surface area contributed by atoms with Gasteiger partial charge < -0.3 is 5.32 Å². The Morgan fingerprint density at radius 2 is 2.10 bits per heavy atom. The fraction of sp³-hybridized carbons (Fsp3) is 0.812. The second-order valence-electron chi connectivity index (χ2n) is 5.95. The van der Waals surface area contributed by atoms with Gasteiger partial charge in [-0.15, -0.1) is 0 Å². The fourth-order valence-electron chi connectivity index (χ4n) is 3.40. The molecule has 1 aliphatic carbocycles. The van der Waals surface area contributed by atoms with Crippen LogP contribution in [-0.4, -0.2) is 16.3 Å². The molecule has 0 aliphatic heterocycles. The van der Waals surface area contributed by atoms with Crippen molar-refractivity contribution in [2.24, 2.45) is 5.92 Å². The molecule has 1 heterocycles. The summed E-state index contributed by atoms with van der Waals surface area (Å²) in [4.78, 5) is 0. The van der Waals surface area contributed by atoms with Crippen LogP contribution in [0.1, 0.15) is 70.5 Å². The van der Waals surface area contributed by atoms with Crippen molar-refractivity contribution >= 4 is 11.6 Å². The van der Waals surface area contributed by atoms with Crippen LogP contribution in [0.15, 0.2) is 6.20 Å². The fourth-order valence-corrected chi connectivity index (χ4v) is 3.68. The van der Waals surface area contributed by atoms with Gasteiger partial charge in [0.25, 0.3) is 0 Å². The molecule has 4 heteroatoms. The molecule has 1 atom stereocenters. The maximum absolute atomic E-state index is 6.41.